The van der Waals surface area contributed by atoms with E-state index in [0.717, 1.165) is 38.5 Å². The van der Waals surface area contributed by atoms with Gasteiger partial charge in [0.15, 0.2) is 0 Å². The summed E-state index contributed by atoms with van der Waals surface area (Å²) < 4.78 is 12.1. The van der Waals surface area contributed by atoms with E-state index in [2.05, 4.69) is 19.9 Å². The number of aliphatic hydroxyl groups is 1. The monoisotopic (exact) mass is 256 g/mol. The van der Waals surface area contributed by atoms with E-state index in [-0.39, 0.29) is 10.5 Å². The first-order valence-electron chi connectivity index (χ1n) is 6.75. The summed E-state index contributed by atoms with van der Waals surface area (Å²) in [5.41, 5.74) is 0.767. The van der Waals surface area contributed by atoms with Crippen molar-refractivity contribution in [3.63, 3.8) is 0 Å². The topological polar surface area (TPSA) is 37.3 Å². The van der Waals surface area contributed by atoms with Crippen LogP contribution < -0.4 is 0 Å². The number of hydrogen-bond donors (Lipinski definition) is 1. The van der Waals surface area contributed by atoms with Crippen LogP contribution in [0.5, 0.6) is 0 Å². The standard InChI is InChI=1S/C14H24O2S/c1-11(2)5-4-8-14(15)9-12-6-3-7-13(10-14)17(12)16/h5,12-13,15H,3-4,6-10H2,1-2H3. The minimum Gasteiger partial charge on any atom is -0.390 e. The number of rotatable bonds is 3. The van der Waals surface area contributed by atoms with Crippen LogP contribution in [0.1, 0.15) is 58.8 Å². The fourth-order valence-corrected chi connectivity index (χ4v) is 5.50. The van der Waals surface area contributed by atoms with E-state index in [9.17, 15) is 9.32 Å². The third kappa shape index (κ3) is 3.19. The molecule has 0 aromatic heterocycles. The van der Waals surface area contributed by atoms with Crippen molar-refractivity contribution in [1.29, 1.82) is 0 Å². The summed E-state index contributed by atoms with van der Waals surface area (Å²) in [6.07, 6.45) is 8.79. The van der Waals surface area contributed by atoms with Gasteiger partial charge in [-0.15, -0.1) is 0 Å². The molecule has 2 aliphatic rings. The summed E-state index contributed by atoms with van der Waals surface area (Å²) in [4.78, 5) is 0. The third-order valence-electron chi connectivity index (χ3n) is 4.09. The SMILES string of the molecule is CC(C)=CCCC1(O)CC2CCCC(C1)S2=O. The van der Waals surface area contributed by atoms with Crippen molar-refractivity contribution >= 4 is 10.8 Å². The van der Waals surface area contributed by atoms with Crippen LogP contribution >= 0.6 is 0 Å². The minimum atomic E-state index is -0.672. The second-order valence-electron chi connectivity index (χ2n) is 5.96. The molecule has 3 heteroatoms. The highest BCUT2D eigenvalue weighted by Gasteiger charge is 2.44. The molecule has 0 radical (unpaired) electrons. The summed E-state index contributed by atoms with van der Waals surface area (Å²) in [5.74, 6) is 0. The van der Waals surface area contributed by atoms with E-state index in [0.29, 0.717) is 0 Å². The number of fused-ring (bicyclic) bond motifs is 2. The highest BCUT2D eigenvalue weighted by atomic mass is 32.2. The van der Waals surface area contributed by atoms with E-state index in [4.69, 9.17) is 0 Å². The molecule has 2 atom stereocenters. The van der Waals surface area contributed by atoms with Gasteiger partial charge >= 0.3 is 0 Å². The molecule has 0 saturated carbocycles. The zero-order chi connectivity index (χ0) is 12.5. The average molecular weight is 256 g/mol. The molecule has 98 valence electrons. The van der Waals surface area contributed by atoms with E-state index >= 15 is 0 Å². The Balaban J connectivity index is 1.97. The number of hydrogen-bond acceptors (Lipinski definition) is 2. The third-order valence-corrected chi connectivity index (χ3v) is 6.21. The summed E-state index contributed by atoms with van der Waals surface area (Å²) in [7, 11) is -0.672. The van der Waals surface area contributed by atoms with E-state index < -0.39 is 16.4 Å². The molecule has 17 heavy (non-hydrogen) atoms. The molecule has 0 aromatic carbocycles. The second kappa shape index (κ2) is 5.23. The van der Waals surface area contributed by atoms with Crippen molar-refractivity contribution in [2.24, 2.45) is 0 Å². The van der Waals surface area contributed by atoms with Gasteiger partial charge in [0.1, 0.15) is 0 Å². The molecule has 2 nitrogen and oxygen atoms in total. The van der Waals surface area contributed by atoms with Gasteiger partial charge in [-0.2, -0.15) is 0 Å². The van der Waals surface area contributed by atoms with E-state index in [1.54, 1.807) is 0 Å². The number of allylic oxidation sites excluding steroid dienone is 2. The Morgan fingerprint density at radius 3 is 2.47 bits per heavy atom. The molecular weight excluding hydrogens is 232 g/mol. The van der Waals surface area contributed by atoms with Crippen LogP contribution in [0, 0.1) is 0 Å². The molecule has 2 fully saturated rings. The lowest BCUT2D eigenvalue weighted by molar-refractivity contribution is 0.00397. The molecule has 0 amide bonds. The summed E-state index contributed by atoms with van der Waals surface area (Å²) in [6, 6.07) is 0. The van der Waals surface area contributed by atoms with Gasteiger partial charge in [-0.3, -0.25) is 4.21 Å². The molecule has 0 aliphatic carbocycles. The predicted octanol–water partition coefficient (Wildman–Crippen LogP) is 2.93. The Kier molecular flexibility index (Phi) is 4.09. The molecule has 0 spiro atoms. The van der Waals surface area contributed by atoms with Gasteiger partial charge in [-0.25, -0.2) is 0 Å². The van der Waals surface area contributed by atoms with Gasteiger partial charge in [0.05, 0.1) is 5.60 Å². The first-order chi connectivity index (χ1) is 8.00. The van der Waals surface area contributed by atoms with Crippen LogP contribution in [-0.4, -0.2) is 25.4 Å². The average Bonchev–Trinajstić information content (AvgIpc) is 2.20. The highest BCUT2D eigenvalue weighted by Crippen LogP contribution is 2.41. The Bertz CT molecular complexity index is 315. The maximum Gasteiger partial charge on any atom is 0.0673 e. The van der Waals surface area contributed by atoms with Gasteiger partial charge in [0.25, 0.3) is 0 Å². The highest BCUT2D eigenvalue weighted by molar-refractivity contribution is 7.86. The summed E-state index contributed by atoms with van der Waals surface area (Å²) >= 11 is 0. The molecule has 0 aromatic rings. The first-order valence-corrected chi connectivity index (χ1v) is 8.03. The lowest BCUT2D eigenvalue weighted by Gasteiger charge is -2.43. The van der Waals surface area contributed by atoms with Crippen LogP contribution in [-0.2, 0) is 10.8 Å². The largest absolute Gasteiger partial charge is 0.390 e. The Hall–Kier alpha value is -0.150. The molecule has 1 N–H and O–H groups in total. The normalized spacial score (nSPS) is 41.0. The van der Waals surface area contributed by atoms with Crippen LogP contribution in [0.2, 0.25) is 0 Å². The van der Waals surface area contributed by atoms with Crippen molar-refractivity contribution in [3.8, 4) is 0 Å². The molecule has 2 unspecified atom stereocenters. The molecule has 2 heterocycles. The first kappa shape index (κ1) is 13.3. The van der Waals surface area contributed by atoms with Gasteiger partial charge in [0.2, 0.25) is 0 Å². The Morgan fingerprint density at radius 1 is 1.35 bits per heavy atom. The minimum absolute atomic E-state index is 0.263. The molecular formula is C14H24O2S. The molecule has 2 rings (SSSR count). The second-order valence-corrected chi connectivity index (χ2v) is 7.95. The summed E-state index contributed by atoms with van der Waals surface area (Å²) in [5, 5.41) is 11.2. The predicted molar refractivity (Wildman–Crippen MR) is 72.4 cm³/mol. The molecule has 2 bridgehead atoms. The Labute approximate surface area is 107 Å². The maximum absolute atomic E-state index is 12.1. The Morgan fingerprint density at radius 2 is 1.94 bits per heavy atom. The van der Waals surface area contributed by atoms with Gasteiger partial charge in [-0.1, -0.05) is 18.1 Å². The lowest BCUT2D eigenvalue weighted by atomic mass is 9.82. The van der Waals surface area contributed by atoms with Crippen LogP contribution in [0.25, 0.3) is 0 Å². The smallest absolute Gasteiger partial charge is 0.0673 e. The zero-order valence-electron chi connectivity index (χ0n) is 10.9. The fraction of sp³-hybridized carbons (Fsp3) is 0.857. The van der Waals surface area contributed by atoms with Crippen molar-refractivity contribution in [1.82, 2.24) is 0 Å². The maximum atomic E-state index is 12.1. The molecule has 2 aliphatic heterocycles. The van der Waals surface area contributed by atoms with Crippen molar-refractivity contribution in [3.05, 3.63) is 11.6 Å². The van der Waals surface area contributed by atoms with E-state index in [1.165, 1.54) is 12.0 Å². The zero-order valence-corrected chi connectivity index (χ0v) is 11.8. The van der Waals surface area contributed by atoms with Crippen LogP contribution in [0.15, 0.2) is 11.6 Å². The van der Waals surface area contributed by atoms with Crippen molar-refractivity contribution in [2.45, 2.75) is 74.9 Å². The molecule has 2 saturated heterocycles. The van der Waals surface area contributed by atoms with Crippen LogP contribution in [0.3, 0.4) is 0 Å². The van der Waals surface area contributed by atoms with Gasteiger partial charge in [-0.05, 0) is 52.4 Å². The van der Waals surface area contributed by atoms with Gasteiger partial charge < -0.3 is 5.11 Å². The quantitative estimate of drug-likeness (QED) is 0.788. The van der Waals surface area contributed by atoms with Crippen molar-refractivity contribution in [2.75, 3.05) is 0 Å². The van der Waals surface area contributed by atoms with E-state index in [1.807, 2.05) is 0 Å². The van der Waals surface area contributed by atoms with Crippen molar-refractivity contribution < 1.29 is 9.32 Å². The fourth-order valence-electron chi connectivity index (χ4n) is 3.21. The van der Waals surface area contributed by atoms with Gasteiger partial charge in [0, 0.05) is 21.3 Å². The summed E-state index contributed by atoms with van der Waals surface area (Å²) in [6.45, 7) is 4.18. The van der Waals surface area contributed by atoms with Crippen LogP contribution in [0.4, 0.5) is 0 Å². The lowest BCUT2D eigenvalue weighted by Crippen LogP contribution is -2.48.